The first-order valence-electron chi connectivity index (χ1n) is 9.37. The van der Waals surface area contributed by atoms with E-state index in [0.29, 0.717) is 30.1 Å². The Bertz CT molecular complexity index is 458. The average molecular weight is 323 g/mol. The van der Waals surface area contributed by atoms with E-state index >= 15 is 0 Å². The highest BCUT2D eigenvalue weighted by Crippen LogP contribution is 2.39. The molecule has 0 spiro atoms. The van der Waals surface area contributed by atoms with Crippen LogP contribution in [0.15, 0.2) is 11.9 Å². The van der Waals surface area contributed by atoms with E-state index in [1.165, 1.54) is 19.3 Å². The standard InChI is InChI=1S/C19H30FNO2/c1-13-9-16(11-17(20)10-13)15-7-8-21(12-15)18(19(22)23)14-5-3-2-4-6-14/h11,13-16,18H,2-10,12H2,1H3,(H,22,23)/t13?,15-,16?,18-/m1/s1. The van der Waals surface area contributed by atoms with Crippen LogP contribution in [0.5, 0.6) is 0 Å². The maximum absolute atomic E-state index is 13.8. The van der Waals surface area contributed by atoms with Crippen molar-refractivity contribution in [3.05, 3.63) is 11.9 Å². The predicted molar refractivity (Wildman–Crippen MR) is 88.8 cm³/mol. The minimum absolute atomic E-state index is 0.0364. The first-order valence-corrected chi connectivity index (χ1v) is 9.37. The molecule has 4 atom stereocenters. The molecule has 0 aromatic rings. The molecule has 0 aromatic carbocycles. The maximum atomic E-state index is 13.8. The number of halogens is 1. The molecule has 3 nitrogen and oxygen atoms in total. The summed E-state index contributed by atoms with van der Waals surface area (Å²) in [7, 11) is 0. The highest BCUT2D eigenvalue weighted by atomic mass is 19.1. The van der Waals surface area contributed by atoms with Gasteiger partial charge >= 0.3 is 5.97 Å². The number of likely N-dealkylation sites (tertiary alicyclic amines) is 1. The molecule has 0 radical (unpaired) electrons. The Morgan fingerprint density at radius 1 is 1.30 bits per heavy atom. The highest BCUT2D eigenvalue weighted by Gasteiger charge is 2.40. The van der Waals surface area contributed by atoms with Gasteiger partial charge in [-0.1, -0.05) is 26.2 Å². The number of aliphatic carboxylic acids is 1. The normalized spacial score (nSPS) is 35.0. The Morgan fingerprint density at radius 3 is 2.70 bits per heavy atom. The van der Waals surface area contributed by atoms with Crippen molar-refractivity contribution in [1.82, 2.24) is 4.90 Å². The Balaban J connectivity index is 1.65. The van der Waals surface area contributed by atoms with Crippen LogP contribution in [-0.2, 0) is 4.79 Å². The van der Waals surface area contributed by atoms with Crippen molar-refractivity contribution in [2.24, 2.45) is 23.7 Å². The number of nitrogens with zero attached hydrogens (tertiary/aromatic N) is 1. The Morgan fingerprint density at radius 2 is 2.04 bits per heavy atom. The maximum Gasteiger partial charge on any atom is 0.321 e. The summed E-state index contributed by atoms with van der Waals surface area (Å²) in [4.78, 5) is 14.0. The smallest absolute Gasteiger partial charge is 0.321 e. The molecule has 1 aliphatic heterocycles. The summed E-state index contributed by atoms with van der Waals surface area (Å²) in [6, 6.07) is -0.324. The zero-order valence-corrected chi connectivity index (χ0v) is 14.2. The van der Waals surface area contributed by atoms with Gasteiger partial charge in [0, 0.05) is 13.0 Å². The molecular formula is C19H30FNO2. The van der Waals surface area contributed by atoms with Gasteiger partial charge in [-0.15, -0.1) is 0 Å². The van der Waals surface area contributed by atoms with Gasteiger partial charge in [0.05, 0.1) is 5.83 Å². The van der Waals surface area contributed by atoms with Gasteiger partial charge in [-0.25, -0.2) is 4.39 Å². The average Bonchev–Trinajstić information content (AvgIpc) is 2.96. The van der Waals surface area contributed by atoms with Crippen molar-refractivity contribution in [3.8, 4) is 0 Å². The second-order valence-corrected chi connectivity index (χ2v) is 8.05. The zero-order chi connectivity index (χ0) is 16.4. The van der Waals surface area contributed by atoms with E-state index in [1.54, 1.807) is 0 Å². The first kappa shape index (κ1) is 16.9. The molecule has 0 bridgehead atoms. The molecule has 3 aliphatic rings. The van der Waals surface area contributed by atoms with Gasteiger partial charge in [0.25, 0.3) is 0 Å². The number of allylic oxidation sites excluding steroid dienone is 2. The SMILES string of the molecule is CC1CC(F)=CC([C@@H]2CCN([C@@H](C(=O)O)C3CCCCC3)C2)C1. The van der Waals surface area contributed by atoms with Gasteiger partial charge < -0.3 is 5.11 Å². The Hall–Kier alpha value is -0.900. The second-order valence-electron chi connectivity index (χ2n) is 8.05. The summed E-state index contributed by atoms with van der Waals surface area (Å²) in [5.41, 5.74) is 0. The van der Waals surface area contributed by atoms with Crippen LogP contribution in [0.3, 0.4) is 0 Å². The fourth-order valence-corrected chi connectivity index (χ4v) is 5.10. The summed E-state index contributed by atoms with van der Waals surface area (Å²) >= 11 is 0. The van der Waals surface area contributed by atoms with E-state index in [4.69, 9.17) is 0 Å². The van der Waals surface area contributed by atoms with Crippen LogP contribution >= 0.6 is 0 Å². The van der Waals surface area contributed by atoms with Crippen molar-refractivity contribution in [1.29, 1.82) is 0 Å². The zero-order valence-electron chi connectivity index (χ0n) is 14.2. The number of carbonyl (C=O) groups is 1. The van der Waals surface area contributed by atoms with Crippen LogP contribution in [-0.4, -0.2) is 35.1 Å². The van der Waals surface area contributed by atoms with Gasteiger partial charge in [-0.05, 0) is 62.0 Å². The number of rotatable bonds is 4. The van der Waals surface area contributed by atoms with E-state index < -0.39 is 5.97 Å². The second kappa shape index (κ2) is 7.33. The molecule has 1 N–H and O–H groups in total. The van der Waals surface area contributed by atoms with Crippen LogP contribution < -0.4 is 0 Å². The molecule has 23 heavy (non-hydrogen) atoms. The third kappa shape index (κ3) is 3.96. The number of hydrogen-bond acceptors (Lipinski definition) is 2. The summed E-state index contributed by atoms with van der Waals surface area (Å²) in [6.45, 7) is 3.81. The fourth-order valence-electron chi connectivity index (χ4n) is 5.10. The van der Waals surface area contributed by atoms with Crippen LogP contribution in [0, 0.1) is 23.7 Å². The molecule has 2 fully saturated rings. The monoisotopic (exact) mass is 323 g/mol. The first-order chi connectivity index (χ1) is 11.0. The molecule has 0 aromatic heterocycles. The molecule has 130 valence electrons. The van der Waals surface area contributed by atoms with Crippen molar-refractivity contribution < 1.29 is 14.3 Å². The number of carboxylic acids is 1. The van der Waals surface area contributed by atoms with E-state index in [9.17, 15) is 14.3 Å². The van der Waals surface area contributed by atoms with E-state index in [2.05, 4.69) is 11.8 Å². The minimum atomic E-state index is -0.656. The van der Waals surface area contributed by atoms with Crippen LogP contribution in [0.25, 0.3) is 0 Å². The molecule has 0 amide bonds. The lowest BCUT2D eigenvalue weighted by Crippen LogP contribution is -2.46. The van der Waals surface area contributed by atoms with Gasteiger partial charge in [0.1, 0.15) is 6.04 Å². The third-order valence-corrected chi connectivity index (χ3v) is 6.22. The third-order valence-electron chi connectivity index (χ3n) is 6.22. The molecule has 2 aliphatic carbocycles. The molecule has 1 heterocycles. The summed E-state index contributed by atoms with van der Waals surface area (Å²) in [6.07, 6.45) is 10.1. The van der Waals surface area contributed by atoms with Crippen LogP contribution in [0.4, 0.5) is 4.39 Å². The Kier molecular flexibility index (Phi) is 5.40. The van der Waals surface area contributed by atoms with Gasteiger partial charge in [0.2, 0.25) is 0 Å². The van der Waals surface area contributed by atoms with Gasteiger partial charge in [-0.3, -0.25) is 9.69 Å². The molecule has 1 saturated heterocycles. The fraction of sp³-hybridized carbons (Fsp3) is 0.842. The summed E-state index contributed by atoms with van der Waals surface area (Å²) < 4.78 is 13.8. The quantitative estimate of drug-likeness (QED) is 0.841. The van der Waals surface area contributed by atoms with Gasteiger partial charge in [-0.2, -0.15) is 0 Å². The number of carboxylic acid groups (broad SMARTS) is 1. The largest absolute Gasteiger partial charge is 0.480 e. The summed E-state index contributed by atoms with van der Waals surface area (Å²) in [5.74, 6) is 0.814. The van der Waals surface area contributed by atoms with Crippen LogP contribution in [0.2, 0.25) is 0 Å². The molecule has 3 rings (SSSR count). The highest BCUT2D eigenvalue weighted by molar-refractivity contribution is 5.74. The van der Waals surface area contributed by atoms with Crippen molar-refractivity contribution in [2.75, 3.05) is 13.1 Å². The predicted octanol–water partition coefficient (Wildman–Crippen LogP) is 4.24. The minimum Gasteiger partial charge on any atom is -0.480 e. The lowest BCUT2D eigenvalue weighted by atomic mass is 9.79. The lowest BCUT2D eigenvalue weighted by Gasteiger charge is -2.34. The van der Waals surface area contributed by atoms with Crippen molar-refractivity contribution in [3.63, 3.8) is 0 Å². The molecule has 4 heteroatoms. The number of hydrogen-bond donors (Lipinski definition) is 1. The molecular weight excluding hydrogens is 293 g/mol. The summed E-state index contributed by atoms with van der Waals surface area (Å²) in [5, 5.41) is 9.75. The lowest BCUT2D eigenvalue weighted by molar-refractivity contribution is -0.145. The van der Waals surface area contributed by atoms with Crippen molar-refractivity contribution >= 4 is 5.97 Å². The molecule has 1 saturated carbocycles. The van der Waals surface area contributed by atoms with E-state index in [-0.39, 0.29) is 11.9 Å². The van der Waals surface area contributed by atoms with Gasteiger partial charge in [0.15, 0.2) is 0 Å². The Labute approximate surface area is 138 Å². The topological polar surface area (TPSA) is 40.5 Å². The molecule has 2 unspecified atom stereocenters. The van der Waals surface area contributed by atoms with Crippen LogP contribution in [0.1, 0.15) is 58.3 Å². The van der Waals surface area contributed by atoms with E-state index in [0.717, 1.165) is 38.8 Å². The van der Waals surface area contributed by atoms with Crippen molar-refractivity contribution in [2.45, 2.75) is 64.3 Å². The van der Waals surface area contributed by atoms with E-state index in [1.807, 2.05) is 6.08 Å².